The van der Waals surface area contributed by atoms with Crippen molar-refractivity contribution in [1.82, 2.24) is 4.90 Å². The van der Waals surface area contributed by atoms with E-state index in [4.69, 9.17) is 11.6 Å². The molecule has 1 saturated carbocycles. The number of carbonyl (C=O) groups excluding carboxylic acids is 3. The van der Waals surface area contributed by atoms with Crippen LogP contribution in [0.4, 0.5) is 5.69 Å². The van der Waals surface area contributed by atoms with Gasteiger partial charge in [-0.2, -0.15) is 5.26 Å². The van der Waals surface area contributed by atoms with Crippen molar-refractivity contribution in [1.29, 1.82) is 5.26 Å². The largest absolute Gasteiger partial charge is 0.305 e. The highest BCUT2D eigenvalue weighted by atomic mass is 35.5. The van der Waals surface area contributed by atoms with Gasteiger partial charge in [-0.25, -0.2) is 0 Å². The highest BCUT2D eigenvalue weighted by Gasteiger charge is 2.59. The van der Waals surface area contributed by atoms with Crippen LogP contribution in [0.5, 0.6) is 0 Å². The van der Waals surface area contributed by atoms with Gasteiger partial charge in [-0.1, -0.05) is 54.1 Å². The number of hydrogen-bond acceptors (Lipinski definition) is 4. The smallest absolute Gasteiger partial charge is 0.247 e. The molecule has 1 heterocycles. The van der Waals surface area contributed by atoms with E-state index in [2.05, 4.69) is 6.07 Å². The van der Waals surface area contributed by atoms with Gasteiger partial charge in [0.1, 0.15) is 12.6 Å². The van der Waals surface area contributed by atoms with Crippen LogP contribution in [0.15, 0.2) is 60.7 Å². The second-order valence-corrected chi connectivity index (χ2v) is 8.94. The van der Waals surface area contributed by atoms with Crippen molar-refractivity contribution in [3.05, 3.63) is 76.8 Å². The second-order valence-electron chi connectivity index (χ2n) is 8.50. The Morgan fingerprint density at radius 2 is 1.72 bits per heavy atom. The zero-order valence-electron chi connectivity index (χ0n) is 17.1. The third kappa shape index (κ3) is 3.30. The Labute approximate surface area is 190 Å². The van der Waals surface area contributed by atoms with Crippen LogP contribution < -0.4 is 4.90 Å². The molecule has 4 atom stereocenters. The quantitative estimate of drug-likeness (QED) is 0.520. The van der Waals surface area contributed by atoms with Gasteiger partial charge in [-0.05, 0) is 42.0 Å². The number of likely N-dealkylation sites (tertiary alicyclic amines) is 1. The van der Waals surface area contributed by atoms with E-state index in [0.717, 1.165) is 16.9 Å². The zero-order chi connectivity index (χ0) is 22.4. The molecule has 0 spiro atoms. The monoisotopic (exact) mass is 445 g/mol. The van der Waals surface area contributed by atoms with Crippen molar-refractivity contribution in [2.75, 3.05) is 11.4 Å². The van der Waals surface area contributed by atoms with Crippen molar-refractivity contribution >= 4 is 35.0 Å². The number of carbonyl (C=O) groups is 3. The molecule has 1 aliphatic heterocycles. The SMILES string of the molecule is N#Cc1ccc(Cl)cc1N(Cc1ccccc1)C(=O)CN1C(=O)C2C3C=CC(C3)C2C1=O. The van der Waals surface area contributed by atoms with E-state index >= 15 is 0 Å². The second kappa shape index (κ2) is 7.92. The van der Waals surface area contributed by atoms with Crippen molar-refractivity contribution in [3.8, 4) is 6.07 Å². The van der Waals surface area contributed by atoms with Gasteiger partial charge in [0.2, 0.25) is 17.7 Å². The fourth-order valence-corrected chi connectivity index (χ4v) is 5.40. The molecule has 5 rings (SSSR count). The first-order valence-corrected chi connectivity index (χ1v) is 10.9. The first-order valence-electron chi connectivity index (χ1n) is 10.6. The maximum Gasteiger partial charge on any atom is 0.247 e. The Hall–Kier alpha value is -3.43. The number of benzene rings is 2. The van der Waals surface area contributed by atoms with Crippen LogP contribution in [0.1, 0.15) is 17.5 Å². The van der Waals surface area contributed by atoms with Gasteiger partial charge < -0.3 is 4.90 Å². The van der Waals surface area contributed by atoms with Crippen LogP contribution in [-0.4, -0.2) is 29.2 Å². The van der Waals surface area contributed by atoms with Crippen LogP contribution in [0.2, 0.25) is 5.02 Å². The lowest BCUT2D eigenvalue weighted by molar-refractivity contribution is -0.143. The summed E-state index contributed by atoms with van der Waals surface area (Å²) in [5.74, 6) is -1.51. The number of allylic oxidation sites excluding steroid dienone is 2. The maximum atomic E-state index is 13.5. The fourth-order valence-electron chi connectivity index (χ4n) is 5.24. The Bertz CT molecular complexity index is 1160. The lowest BCUT2D eigenvalue weighted by atomic mass is 9.85. The number of halogens is 1. The molecular weight excluding hydrogens is 426 g/mol. The molecule has 0 radical (unpaired) electrons. The standard InChI is InChI=1S/C25H20ClN3O3/c26-19-9-8-18(12-27)20(11-19)28(13-15-4-2-1-3-5-15)21(30)14-29-24(31)22-16-6-7-17(10-16)23(22)25(29)32/h1-9,11,16-17,22-23H,10,13-14H2. The number of hydrogen-bond donors (Lipinski definition) is 0. The van der Waals surface area contributed by atoms with E-state index in [-0.39, 0.29) is 54.1 Å². The maximum absolute atomic E-state index is 13.5. The van der Waals surface area contributed by atoms with Gasteiger partial charge in [-0.3, -0.25) is 19.3 Å². The summed E-state index contributed by atoms with van der Waals surface area (Å²) < 4.78 is 0. The number of nitriles is 1. The molecule has 3 amide bonds. The molecule has 4 unspecified atom stereocenters. The average Bonchev–Trinajstić information content (AvgIpc) is 3.48. The first-order chi connectivity index (χ1) is 15.5. The van der Waals surface area contributed by atoms with Crippen LogP contribution >= 0.6 is 11.6 Å². The van der Waals surface area contributed by atoms with E-state index in [9.17, 15) is 19.6 Å². The predicted octanol–water partition coefficient (Wildman–Crippen LogP) is 3.55. The number of anilines is 1. The molecule has 1 saturated heterocycles. The fraction of sp³-hybridized carbons (Fsp3) is 0.280. The average molecular weight is 446 g/mol. The number of nitrogens with zero attached hydrogens (tertiary/aromatic N) is 3. The summed E-state index contributed by atoms with van der Waals surface area (Å²) in [7, 11) is 0. The summed E-state index contributed by atoms with van der Waals surface area (Å²) >= 11 is 6.17. The summed E-state index contributed by atoms with van der Waals surface area (Å²) in [4.78, 5) is 42.1. The summed E-state index contributed by atoms with van der Waals surface area (Å²) in [5.41, 5.74) is 1.50. The van der Waals surface area contributed by atoms with E-state index < -0.39 is 5.91 Å². The van der Waals surface area contributed by atoms with Crippen LogP contribution in [0, 0.1) is 35.0 Å². The minimum atomic E-state index is -0.436. The third-order valence-electron chi connectivity index (χ3n) is 6.71. The van der Waals surface area contributed by atoms with E-state index in [1.165, 1.54) is 4.90 Å². The molecule has 3 aliphatic rings. The van der Waals surface area contributed by atoms with Crippen LogP contribution in [0.3, 0.4) is 0 Å². The topological polar surface area (TPSA) is 81.5 Å². The molecule has 6 nitrogen and oxygen atoms in total. The molecular formula is C25H20ClN3O3. The van der Waals surface area contributed by atoms with Crippen LogP contribution in [0.25, 0.3) is 0 Å². The van der Waals surface area contributed by atoms with Crippen molar-refractivity contribution in [2.45, 2.75) is 13.0 Å². The molecule has 2 bridgehead atoms. The van der Waals surface area contributed by atoms with Crippen molar-refractivity contribution < 1.29 is 14.4 Å². The molecule has 0 N–H and O–H groups in total. The van der Waals surface area contributed by atoms with Crippen molar-refractivity contribution in [3.63, 3.8) is 0 Å². The van der Waals surface area contributed by atoms with Gasteiger partial charge in [0, 0.05) is 5.02 Å². The number of amides is 3. The van der Waals surface area contributed by atoms with Gasteiger partial charge in [0.15, 0.2) is 0 Å². The molecule has 0 aromatic heterocycles. The summed E-state index contributed by atoms with van der Waals surface area (Å²) in [6.45, 7) is -0.168. The molecule has 2 fully saturated rings. The van der Waals surface area contributed by atoms with Gasteiger partial charge in [0.25, 0.3) is 0 Å². The highest BCUT2D eigenvalue weighted by molar-refractivity contribution is 6.31. The molecule has 2 aromatic rings. The first kappa shape index (κ1) is 20.5. The predicted molar refractivity (Wildman–Crippen MR) is 118 cm³/mol. The number of imide groups is 1. The van der Waals surface area contributed by atoms with E-state index in [1.54, 1.807) is 18.2 Å². The minimum Gasteiger partial charge on any atom is -0.305 e. The van der Waals surface area contributed by atoms with Crippen LogP contribution in [-0.2, 0) is 20.9 Å². The molecule has 32 heavy (non-hydrogen) atoms. The Kier molecular flexibility index (Phi) is 5.07. The Morgan fingerprint density at radius 1 is 1.06 bits per heavy atom. The zero-order valence-corrected chi connectivity index (χ0v) is 17.9. The number of fused-ring (bicyclic) bond motifs is 5. The van der Waals surface area contributed by atoms with Gasteiger partial charge >= 0.3 is 0 Å². The minimum absolute atomic E-state index is 0.0834. The van der Waals surface area contributed by atoms with E-state index in [0.29, 0.717) is 10.7 Å². The molecule has 2 aromatic carbocycles. The molecule has 2 aliphatic carbocycles. The summed E-state index contributed by atoms with van der Waals surface area (Å²) in [6, 6.07) is 16.1. The summed E-state index contributed by atoms with van der Waals surface area (Å²) in [6.07, 6.45) is 4.88. The Balaban J connectivity index is 1.45. The third-order valence-corrected chi connectivity index (χ3v) is 6.95. The lowest BCUT2D eigenvalue weighted by Crippen LogP contribution is -2.44. The molecule has 7 heteroatoms. The van der Waals surface area contributed by atoms with Gasteiger partial charge in [-0.15, -0.1) is 0 Å². The van der Waals surface area contributed by atoms with Crippen molar-refractivity contribution in [2.24, 2.45) is 23.7 Å². The lowest BCUT2D eigenvalue weighted by Gasteiger charge is -2.26. The normalized spacial score (nSPS) is 25.2. The summed E-state index contributed by atoms with van der Waals surface area (Å²) in [5, 5.41) is 9.98. The van der Waals surface area contributed by atoms with E-state index in [1.807, 2.05) is 42.5 Å². The highest BCUT2D eigenvalue weighted by Crippen LogP contribution is 2.52. The molecule has 160 valence electrons. The Morgan fingerprint density at radius 3 is 2.34 bits per heavy atom. The number of rotatable bonds is 5. The van der Waals surface area contributed by atoms with Gasteiger partial charge in [0.05, 0.1) is 29.6 Å².